The first-order chi connectivity index (χ1) is 10.0. The molecule has 0 aliphatic rings. The first-order valence-corrected chi connectivity index (χ1v) is 8.56. The van der Waals surface area contributed by atoms with Crippen molar-refractivity contribution in [2.45, 2.75) is 31.4 Å². The summed E-state index contributed by atoms with van der Waals surface area (Å²) in [6, 6.07) is 8.49. The molecule has 0 aliphatic heterocycles. The van der Waals surface area contributed by atoms with E-state index >= 15 is 0 Å². The molecule has 2 N–H and O–H groups in total. The van der Waals surface area contributed by atoms with Crippen molar-refractivity contribution in [3.63, 3.8) is 0 Å². The van der Waals surface area contributed by atoms with Crippen LogP contribution >= 0.6 is 23.1 Å². The Balaban J connectivity index is 1.86. The molecule has 5 heteroatoms. The molecule has 3 nitrogen and oxygen atoms in total. The lowest BCUT2D eigenvalue weighted by Gasteiger charge is -2.04. The second-order valence-electron chi connectivity index (χ2n) is 5.09. The van der Waals surface area contributed by atoms with Gasteiger partial charge >= 0.3 is 0 Å². The van der Waals surface area contributed by atoms with Crippen molar-refractivity contribution in [3.05, 3.63) is 46.1 Å². The maximum atomic E-state index is 6.11. The van der Waals surface area contributed by atoms with Gasteiger partial charge in [0.2, 0.25) is 0 Å². The number of fused-ring (bicyclic) bond motifs is 1. The zero-order chi connectivity index (χ0) is 15.0. The number of rotatable bonds is 3. The fourth-order valence-corrected chi connectivity index (χ4v) is 3.98. The van der Waals surface area contributed by atoms with E-state index in [0.717, 1.165) is 21.8 Å². The van der Waals surface area contributed by atoms with Gasteiger partial charge in [-0.25, -0.2) is 9.97 Å². The minimum absolute atomic E-state index is 0.598. The third kappa shape index (κ3) is 2.89. The minimum Gasteiger partial charge on any atom is -0.383 e. The molecule has 0 bridgehead atoms. The van der Waals surface area contributed by atoms with Crippen LogP contribution < -0.4 is 5.73 Å². The Hall–Kier alpha value is -1.59. The second-order valence-corrected chi connectivity index (χ2v) is 7.34. The summed E-state index contributed by atoms with van der Waals surface area (Å²) in [6.07, 6.45) is 0. The van der Waals surface area contributed by atoms with Crippen molar-refractivity contribution in [1.82, 2.24) is 9.97 Å². The Kier molecular flexibility index (Phi) is 3.87. The SMILES string of the molecule is Cc1ccc(SCc2nc(N)c3c(C)c(C)sc3n2)cc1. The van der Waals surface area contributed by atoms with E-state index in [1.807, 2.05) is 0 Å². The molecular weight excluding hydrogens is 298 g/mol. The van der Waals surface area contributed by atoms with Gasteiger partial charge in [0.25, 0.3) is 0 Å². The van der Waals surface area contributed by atoms with Crippen LogP contribution in [0.1, 0.15) is 21.8 Å². The molecule has 0 amide bonds. The second kappa shape index (κ2) is 5.66. The first-order valence-electron chi connectivity index (χ1n) is 6.76. The number of nitrogen functional groups attached to an aromatic ring is 1. The summed E-state index contributed by atoms with van der Waals surface area (Å²) >= 11 is 3.42. The molecule has 0 unspecified atom stereocenters. The van der Waals surface area contributed by atoms with Gasteiger partial charge in [-0.05, 0) is 38.5 Å². The summed E-state index contributed by atoms with van der Waals surface area (Å²) in [6.45, 7) is 6.27. The molecule has 2 aromatic heterocycles. The zero-order valence-corrected chi connectivity index (χ0v) is 13.9. The number of thiophene rings is 1. The number of nitrogens with two attached hydrogens (primary N) is 1. The summed E-state index contributed by atoms with van der Waals surface area (Å²) in [4.78, 5) is 12.6. The van der Waals surface area contributed by atoms with Gasteiger partial charge in [-0.15, -0.1) is 23.1 Å². The summed E-state index contributed by atoms with van der Waals surface area (Å²) in [5.41, 5.74) is 8.57. The van der Waals surface area contributed by atoms with Crippen LogP contribution in [0.3, 0.4) is 0 Å². The van der Waals surface area contributed by atoms with Gasteiger partial charge in [0, 0.05) is 9.77 Å². The lowest BCUT2D eigenvalue weighted by atomic mass is 10.2. The Morgan fingerprint density at radius 3 is 2.52 bits per heavy atom. The third-order valence-electron chi connectivity index (χ3n) is 3.49. The molecule has 0 saturated carbocycles. The van der Waals surface area contributed by atoms with Gasteiger partial charge in [-0.3, -0.25) is 0 Å². The minimum atomic E-state index is 0.598. The molecule has 0 radical (unpaired) electrons. The van der Waals surface area contributed by atoms with Gasteiger partial charge in [-0.2, -0.15) is 0 Å². The van der Waals surface area contributed by atoms with Crippen LogP contribution in [0.2, 0.25) is 0 Å². The number of benzene rings is 1. The fraction of sp³-hybridized carbons (Fsp3) is 0.250. The molecule has 2 heterocycles. The Morgan fingerprint density at radius 1 is 1.10 bits per heavy atom. The Labute approximate surface area is 132 Å². The largest absolute Gasteiger partial charge is 0.383 e. The fourth-order valence-electron chi connectivity index (χ4n) is 2.17. The van der Waals surface area contributed by atoms with Crippen LogP contribution in [-0.4, -0.2) is 9.97 Å². The number of aromatic nitrogens is 2. The first kappa shape index (κ1) is 14.4. The highest BCUT2D eigenvalue weighted by Gasteiger charge is 2.12. The van der Waals surface area contributed by atoms with Crippen molar-refractivity contribution in [1.29, 1.82) is 0 Å². The highest BCUT2D eigenvalue weighted by atomic mass is 32.2. The number of hydrogen-bond acceptors (Lipinski definition) is 5. The average Bonchev–Trinajstić information content (AvgIpc) is 2.74. The smallest absolute Gasteiger partial charge is 0.142 e. The van der Waals surface area contributed by atoms with E-state index < -0.39 is 0 Å². The lowest BCUT2D eigenvalue weighted by molar-refractivity contribution is 1.08. The number of nitrogens with zero attached hydrogens (tertiary/aromatic N) is 2. The maximum Gasteiger partial charge on any atom is 0.142 e. The van der Waals surface area contributed by atoms with Crippen molar-refractivity contribution < 1.29 is 0 Å². The summed E-state index contributed by atoms with van der Waals surface area (Å²) in [5, 5.41) is 1.02. The van der Waals surface area contributed by atoms with E-state index in [0.29, 0.717) is 5.82 Å². The van der Waals surface area contributed by atoms with Crippen LogP contribution in [0.25, 0.3) is 10.2 Å². The van der Waals surface area contributed by atoms with Gasteiger partial charge in [0.15, 0.2) is 0 Å². The van der Waals surface area contributed by atoms with Crippen LogP contribution in [0.5, 0.6) is 0 Å². The highest BCUT2D eigenvalue weighted by Crippen LogP contribution is 2.32. The number of hydrogen-bond donors (Lipinski definition) is 1. The van der Waals surface area contributed by atoms with Gasteiger partial charge in [-0.1, -0.05) is 17.7 Å². The van der Waals surface area contributed by atoms with Crippen molar-refractivity contribution in [2.24, 2.45) is 0 Å². The molecule has 0 atom stereocenters. The average molecular weight is 315 g/mol. The van der Waals surface area contributed by atoms with E-state index in [2.05, 4.69) is 55.0 Å². The number of anilines is 1. The molecule has 3 rings (SSSR count). The molecule has 0 saturated heterocycles. The Morgan fingerprint density at radius 2 is 1.81 bits per heavy atom. The van der Waals surface area contributed by atoms with Crippen molar-refractivity contribution in [2.75, 3.05) is 5.73 Å². The summed E-state index contributed by atoms with van der Waals surface area (Å²) < 4.78 is 0. The molecule has 3 aromatic rings. The van der Waals surface area contributed by atoms with E-state index in [1.54, 1.807) is 23.1 Å². The number of thioether (sulfide) groups is 1. The summed E-state index contributed by atoms with van der Waals surface area (Å²) in [5.74, 6) is 2.13. The topological polar surface area (TPSA) is 51.8 Å². The normalized spacial score (nSPS) is 11.2. The van der Waals surface area contributed by atoms with Gasteiger partial charge in [0.05, 0.1) is 11.1 Å². The molecule has 108 valence electrons. The highest BCUT2D eigenvalue weighted by molar-refractivity contribution is 7.98. The predicted molar refractivity (Wildman–Crippen MR) is 92.0 cm³/mol. The maximum absolute atomic E-state index is 6.11. The van der Waals surface area contributed by atoms with Crippen LogP contribution in [0, 0.1) is 20.8 Å². The van der Waals surface area contributed by atoms with E-state index in [4.69, 9.17) is 5.73 Å². The van der Waals surface area contributed by atoms with Crippen LogP contribution in [-0.2, 0) is 5.75 Å². The predicted octanol–water partition coefficient (Wildman–Crippen LogP) is 4.49. The van der Waals surface area contributed by atoms with E-state index in [-0.39, 0.29) is 0 Å². The Bertz CT molecular complexity index is 791. The van der Waals surface area contributed by atoms with E-state index in [9.17, 15) is 0 Å². The third-order valence-corrected chi connectivity index (χ3v) is 5.60. The zero-order valence-electron chi connectivity index (χ0n) is 12.3. The molecular formula is C16H17N3S2. The van der Waals surface area contributed by atoms with Crippen LogP contribution in [0.15, 0.2) is 29.2 Å². The molecule has 21 heavy (non-hydrogen) atoms. The molecule has 0 spiro atoms. The van der Waals surface area contributed by atoms with Gasteiger partial charge in [0.1, 0.15) is 16.5 Å². The quantitative estimate of drug-likeness (QED) is 0.723. The molecule has 0 aliphatic carbocycles. The summed E-state index contributed by atoms with van der Waals surface area (Å²) in [7, 11) is 0. The van der Waals surface area contributed by atoms with E-state index in [1.165, 1.54) is 20.9 Å². The monoisotopic (exact) mass is 315 g/mol. The van der Waals surface area contributed by atoms with Crippen molar-refractivity contribution >= 4 is 39.1 Å². The molecule has 1 aromatic carbocycles. The van der Waals surface area contributed by atoms with Gasteiger partial charge < -0.3 is 5.73 Å². The number of aryl methyl sites for hydroxylation is 3. The van der Waals surface area contributed by atoms with Crippen molar-refractivity contribution in [3.8, 4) is 0 Å². The lowest BCUT2D eigenvalue weighted by Crippen LogP contribution is -1.99. The standard InChI is InChI=1S/C16H17N3S2/c1-9-4-6-12(7-5-9)20-8-13-18-15(17)14-10(2)11(3)21-16(14)19-13/h4-7H,8H2,1-3H3,(H2,17,18,19). The molecule has 0 fully saturated rings. The van der Waals surface area contributed by atoms with Crippen LogP contribution in [0.4, 0.5) is 5.82 Å².